The maximum atomic E-state index is 13.5. The Morgan fingerprint density at radius 2 is 2.00 bits per heavy atom. The summed E-state index contributed by atoms with van der Waals surface area (Å²) < 4.78 is 1.78. The zero-order valence-corrected chi connectivity index (χ0v) is 17.6. The fourth-order valence-electron chi connectivity index (χ4n) is 6.26. The lowest BCUT2D eigenvalue weighted by Gasteiger charge is -2.56. The second-order valence-corrected chi connectivity index (χ2v) is 9.47. The minimum absolute atomic E-state index is 0.139. The van der Waals surface area contributed by atoms with Crippen LogP contribution in [0.1, 0.15) is 31.2 Å². The number of nitrogens with zero attached hydrogens (tertiary/aromatic N) is 6. The molecule has 4 aliphatic rings. The fourth-order valence-corrected chi connectivity index (χ4v) is 6.26. The highest BCUT2D eigenvalue weighted by atomic mass is 16.2. The van der Waals surface area contributed by atoms with Crippen molar-refractivity contribution in [2.75, 3.05) is 26.2 Å². The topological polar surface area (TPSA) is 74.0 Å². The molecular formula is C23H28N6O2. The molecule has 4 atom stereocenters. The van der Waals surface area contributed by atoms with E-state index in [1.807, 2.05) is 28.1 Å². The van der Waals surface area contributed by atoms with E-state index in [-0.39, 0.29) is 29.8 Å². The summed E-state index contributed by atoms with van der Waals surface area (Å²) in [5, 5.41) is 4.18. The van der Waals surface area contributed by atoms with Gasteiger partial charge in [-0.3, -0.25) is 14.5 Å². The van der Waals surface area contributed by atoms with Gasteiger partial charge in [0.2, 0.25) is 11.8 Å². The molecule has 0 aromatic carbocycles. The van der Waals surface area contributed by atoms with Gasteiger partial charge in [0.05, 0.1) is 0 Å². The molecule has 0 radical (unpaired) electrons. The molecule has 6 heterocycles. The number of likely N-dealkylation sites (tertiary alicyclic amines) is 1. The molecular weight excluding hydrogens is 392 g/mol. The largest absolute Gasteiger partial charge is 0.333 e. The molecule has 4 aliphatic heterocycles. The van der Waals surface area contributed by atoms with Crippen molar-refractivity contribution < 1.29 is 9.59 Å². The molecule has 0 N–H and O–H groups in total. The molecule has 6 rings (SSSR count). The van der Waals surface area contributed by atoms with E-state index in [1.54, 1.807) is 10.8 Å². The number of carbonyl (C=O) groups is 2. The predicted molar refractivity (Wildman–Crippen MR) is 114 cm³/mol. The van der Waals surface area contributed by atoms with Crippen LogP contribution in [0, 0.1) is 11.8 Å². The SMILES string of the molecule is O=C([C@H]1[C@@H]2C[C@@H](CN(Cc3ccn4ncnc4c3)C2)[C@@H]2CCCC(=O)N21)N1CC=CC1. The molecule has 8 nitrogen and oxygen atoms in total. The molecule has 162 valence electrons. The van der Waals surface area contributed by atoms with Crippen molar-refractivity contribution in [2.24, 2.45) is 11.8 Å². The van der Waals surface area contributed by atoms with Crippen LogP contribution in [0.4, 0.5) is 0 Å². The summed E-state index contributed by atoms with van der Waals surface area (Å²) in [6, 6.07) is 4.08. The van der Waals surface area contributed by atoms with Gasteiger partial charge in [0.25, 0.3) is 0 Å². The van der Waals surface area contributed by atoms with Crippen LogP contribution in [-0.2, 0) is 16.1 Å². The average Bonchev–Trinajstić information content (AvgIpc) is 3.46. The smallest absolute Gasteiger partial charge is 0.246 e. The van der Waals surface area contributed by atoms with Crippen LogP contribution in [-0.4, -0.2) is 79.4 Å². The van der Waals surface area contributed by atoms with Gasteiger partial charge in [0, 0.05) is 57.3 Å². The quantitative estimate of drug-likeness (QED) is 0.701. The van der Waals surface area contributed by atoms with Gasteiger partial charge in [-0.25, -0.2) is 9.50 Å². The van der Waals surface area contributed by atoms with Crippen LogP contribution >= 0.6 is 0 Å². The van der Waals surface area contributed by atoms with Gasteiger partial charge in [-0.05, 0) is 42.9 Å². The maximum Gasteiger partial charge on any atom is 0.246 e. The highest BCUT2D eigenvalue weighted by Crippen LogP contribution is 2.42. The van der Waals surface area contributed by atoms with E-state index in [2.05, 4.69) is 27.1 Å². The van der Waals surface area contributed by atoms with E-state index in [4.69, 9.17) is 0 Å². The Kier molecular flexibility index (Phi) is 4.56. The minimum Gasteiger partial charge on any atom is -0.333 e. The zero-order valence-electron chi connectivity index (χ0n) is 17.6. The summed E-state index contributed by atoms with van der Waals surface area (Å²) in [7, 11) is 0. The van der Waals surface area contributed by atoms with E-state index in [0.717, 1.165) is 44.5 Å². The van der Waals surface area contributed by atoms with E-state index < -0.39 is 0 Å². The molecule has 2 aromatic heterocycles. The summed E-state index contributed by atoms with van der Waals surface area (Å²) in [4.78, 5) is 37.2. The van der Waals surface area contributed by atoms with Crippen LogP contribution in [0.25, 0.3) is 5.65 Å². The summed E-state index contributed by atoms with van der Waals surface area (Å²) in [6.07, 6.45) is 11.2. The minimum atomic E-state index is -0.310. The lowest BCUT2D eigenvalue weighted by molar-refractivity contribution is -0.164. The molecule has 0 aliphatic carbocycles. The molecule has 2 amide bonds. The molecule has 8 heteroatoms. The van der Waals surface area contributed by atoms with E-state index in [0.29, 0.717) is 25.4 Å². The molecule has 0 saturated carbocycles. The second kappa shape index (κ2) is 7.44. The Balaban J connectivity index is 1.27. The van der Waals surface area contributed by atoms with Crippen molar-refractivity contribution in [3.63, 3.8) is 0 Å². The van der Waals surface area contributed by atoms with Gasteiger partial charge >= 0.3 is 0 Å². The van der Waals surface area contributed by atoms with Gasteiger partial charge < -0.3 is 9.80 Å². The average molecular weight is 421 g/mol. The van der Waals surface area contributed by atoms with E-state index in [9.17, 15) is 9.59 Å². The molecule has 2 aromatic rings. The summed E-state index contributed by atoms with van der Waals surface area (Å²) in [5.41, 5.74) is 2.07. The number of pyridine rings is 1. The van der Waals surface area contributed by atoms with Gasteiger partial charge in [0.1, 0.15) is 12.4 Å². The van der Waals surface area contributed by atoms with Crippen LogP contribution in [0.2, 0.25) is 0 Å². The molecule has 31 heavy (non-hydrogen) atoms. The Bertz CT molecular complexity index is 1040. The number of fused-ring (bicyclic) bond motifs is 5. The fraction of sp³-hybridized carbons (Fsp3) is 0.565. The van der Waals surface area contributed by atoms with Gasteiger partial charge in [0.15, 0.2) is 5.65 Å². The molecule has 3 saturated heterocycles. The lowest BCUT2D eigenvalue weighted by Crippen LogP contribution is -2.68. The Hall–Kier alpha value is -2.74. The number of hydrogen-bond acceptors (Lipinski definition) is 5. The van der Waals surface area contributed by atoms with Gasteiger partial charge in [-0.2, -0.15) is 5.10 Å². The molecule has 0 spiro atoms. The zero-order chi connectivity index (χ0) is 20.9. The predicted octanol–water partition coefficient (Wildman–Crippen LogP) is 1.33. The first-order valence-electron chi connectivity index (χ1n) is 11.4. The summed E-state index contributed by atoms with van der Waals surface area (Å²) >= 11 is 0. The highest BCUT2D eigenvalue weighted by Gasteiger charge is 2.52. The number of carbonyl (C=O) groups excluding carboxylic acids is 2. The van der Waals surface area contributed by atoms with Crippen molar-refractivity contribution in [3.05, 3.63) is 42.4 Å². The van der Waals surface area contributed by atoms with Crippen LogP contribution in [0.15, 0.2) is 36.8 Å². The third-order valence-corrected chi connectivity index (χ3v) is 7.55. The Labute approximate surface area is 181 Å². The van der Waals surface area contributed by atoms with Crippen LogP contribution in [0.3, 0.4) is 0 Å². The number of aromatic nitrogens is 3. The number of hydrogen-bond donors (Lipinski definition) is 0. The van der Waals surface area contributed by atoms with Crippen molar-refractivity contribution in [1.82, 2.24) is 29.3 Å². The first kappa shape index (κ1) is 19.0. The lowest BCUT2D eigenvalue weighted by atomic mass is 9.71. The molecule has 3 fully saturated rings. The van der Waals surface area contributed by atoms with Crippen molar-refractivity contribution in [2.45, 2.75) is 44.3 Å². The third kappa shape index (κ3) is 3.24. The van der Waals surface area contributed by atoms with Crippen LogP contribution in [0.5, 0.6) is 0 Å². The second-order valence-electron chi connectivity index (χ2n) is 9.47. The third-order valence-electron chi connectivity index (χ3n) is 7.55. The summed E-state index contributed by atoms with van der Waals surface area (Å²) in [6.45, 7) is 4.00. The number of piperidine rings is 3. The van der Waals surface area contributed by atoms with E-state index >= 15 is 0 Å². The van der Waals surface area contributed by atoms with Crippen LogP contribution < -0.4 is 0 Å². The standard InChI is InChI=1S/C23H28N6O2/c30-21-5-3-4-19-17-11-18(22(29(19)21)23(31)27-7-1-2-8-27)14-26(13-17)12-16-6-9-28-20(10-16)24-15-25-28/h1-2,6,9-10,15,17-19,22H,3-5,7-8,11-14H2/t17-,18+,19-,22+/m0/s1. The normalized spacial score (nSPS) is 30.8. The maximum absolute atomic E-state index is 13.5. The monoisotopic (exact) mass is 420 g/mol. The number of rotatable bonds is 3. The molecule has 2 bridgehead atoms. The summed E-state index contributed by atoms with van der Waals surface area (Å²) in [5.74, 6) is 0.963. The first-order chi connectivity index (χ1) is 15.2. The van der Waals surface area contributed by atoms with Crippen molar-refractivity contribution >= 4 is 17.5 Å². The van der Waals surface area contributed by atoms with Crippen molar-refractivity contribution in [3.8, 4) is 0 Å². The Morgan fingerprint density at radius 1 is 1.16 bits per heavy atom. The van der Waals surface area contributed by atoms with Crippen molar-refractivity contribution in [1.29, 1.82) is 0 Å². The Morgan fingerprint density at radius 3 is 2.87 bits per heavy atom. The first-order valence-corrected chi connectivity index (χ1v) is 11.4. The van der Waals surface area contributed by atoms with Gasteiger partial charge in [-0.1, -0.05) is 12.2 Å². The molecule has 0 unspecified atom stereocenters. The van der Waals surface area contributed by atoms with Gasteiger partial charge in [-0.15, -0.1) is 0 Å². The van der Waals surface area contributed by atoms with E-state index in [1.165, 1.54) is 5.56 Å². The number of amides is 2. The highest BCUT2D eigenvalue weighted by molar-refractivity contribution is 5.89.